The van der Waals surface area contributed by atoms with Crippen LogP contribution < -0.4 is 9.47 Å². The van der Waals surface area contributed by atoms with Crippen molar-refractivity contribution >= 4 is 11.8 Å². The van der Waals surface area contributed by atoms with Crippen molar-refractivity contribution in [2.75, 3.05) is 19.9 Å². The minimum Gasteiger partial charge on any atom is -0.467 e. The van der Waals surface area contributed by atoms with E-state index in [9.17, 15) is 9.59 Å². The van der Waals surface area contributed by atoms with Crippen molar-refractivity contribution in [3.05, 3.63) is 47.9 Å². The molecule has 3 rings (SSSR count). The molecule has 7 nitrogen and oxygen atoms in total. The van der Waals surface area contributed by atoms with Gasteiger partial charge in [0.2, 0.25) is 18.6 Å². The molecule has 0 aliphatic carbocycles. The van der Waals surface area contributed by atoms with Crippen molar-refractivity contribution in [2.24, 2.45) is 5.92 Å². The fourth-order valence-electron chi connectivity index (χ4n) is 4.08. The van der Waals surface area contributed by atoms with Gasteiger partial charge in [-0.3, -0.25) is 9.59 Å². The van der Waals surface area contributed by atoms with Gasteiger partial charge in [0, 0.05) is 19.5 Å². The number of unbranched alkanes of at least 4 members (excludes halogenated alkanes) is 4. The van der Waals surface area contributed by atoms with Gasteiger partial charge in [-0.25, -0.2) is 0 Å². The molecule has 34 heavy (non-hydrogen) atoms. The molecule has 186 valence electrons. The van der Waals surface area contributed by atoms with Crippen LogP contribution in [0.4, 0.5) is 0 Å². The van der Waals surface area contributed by atoms with Crippen LogP contribution in [-0.4, -0.2) is 41.5 Å². The van der Waals surface area contributed by atoms with Crippen LogP contribution in [0.3, 0.4) is 0 Å². The summed E-state index contributed by atoms with van der Waals surface area (Å²) in [5, 5.41) is 0. The van der Waals surface area contributed by atoms with Crippen LogP contribution in [0.5, 0.6) is 11.5 Å². The van der Waals surface area contributed by atoms with Crippen molar-refractivity contribution in [3.63, 3.8) is 0 Å². The van der Waals surface area contributed by atoms with E-state index in [-0.39, 0.29) is 31.1 Å². The SMILES string of the molecule is CCCCCCCC(=O)N(CC(=O)N(Cc1ccc2c(c1)OCO2)Cc1ccco1)CC(C)C. The van der Waals surface area contributed by atoms with Crippen molar-refractivity contribution in [2.45, 2.75) is 72.4 Å². The molecule has 0 N–H and O–H groups in total. The summed E-state index contributed by atoms with van der Waals surface area (Å²) < 4.78 is 16.4. The minimum atomic E-state index is -0.103. The second kappa shape index (κ2) is 13.1. The Bertz CT molecular complexity index is 910. The van der Waals surface area contributed by atoms with Crippen molar-refractivity contribution in [3.8, 4) is 11.5 Å². The van der Waals surface area contributed by atoms with Gasteiger partial charge in [0.25, 0.3) is 0 Å². The first-order chi connectivity index (χ1) is 16.5. The maximum atomic E-state index is 13.5. The second-order valence-corrected chi connectivity index (χ2v) is 9.35. The predicted molar refractivity (Wildman–Crippen MR) is 130 cm³/mol. The maximum absolute atomic E-state index is 13.5. The lowest BCUT2D eigenvalue weighted by Gasteiger charge is -2.28. The first-order valence-electron chi connectivity index (χ1n) is 12.4. The van der Waals surface area contributed by atoms with E-state index in [4.69, 9.17) is 13.9 Å². The summed E-state index contributed by atoms with van der Waals surface area (Å²) >= 11 is 0. The molecule has 0 saturated carbocycles. The van der Waals surface area contributed by atoms with E-state index in [0.717, 1.165) is 24.8 Å². The summed E-state index contributed by atoms with van der Waals surface area (Å²) in [5.41, 5.74) is 0.932. The zero-order valence-electron chi connectivity index (χ0n) is 20.8. The van der Waals surface area contributed by atoms with Crippen LogP contribution in [0.25, 0.3) is 0 Å². The number of fused-ring (bicyclic) bond motifs is 1. The molecule has 0 unspecified atom stereocenters. The van der Waals surface area contributed by atoms with E-state index in [1.165, 1.54) is 12.8 Å². The molecule has 1 aliphatic rings. The van der Waals surface area contributed by atoms with Gasteiger partial charge in [-0.05, 0) is 42.2 Å². The summed E-state index contributed by atoms with van der Waals surface area (Å²) in [6.45, 7) is 7.88. The summed E-state index contributed by atoms with van der Waals surface area (Å²) in [4.78, 5) is 29.9. The smallest absolute Gasteiger partial charge is 0.242 e. The van der Waals surface area contributed by atoms with Gasteiger partial charge < -0.3 is 23.7 Å². The Balaban J connectivity index is 1.67. The molecule has 2 aromatic rings. The van der Waals surface area contributed by atoms with Gasteiger partial charge in [-0.1, -0.05) is 52.5 Å². The fraction of sp³-hybridized carbons (Fsp3) is 0.556. The Morgan fingerprint density at radius 3 is 2.47 bits per heavy atom. The highest BCUT2D eigenvalue weighted by Crippen LogP contribution is 2.33. The lowest BCUT2D eigenvalue weighted by molar-refractivity contribution is -0.141. The van der Waals surface area contributed by atoms with E-state index < -0.39 is 0 Å². The topological polar surface area (TPSA) is 72.2 Å². The third-order valence-corrected chi connectivity index (χ3v) is 5.85. The molecule has 1 aromatic carbocycles. The normalized spacial score (nSPS) is 12.2. The van der Waals surface area contributed by atoms with Crippen LogP contribution in [-0.2, 0) is 22.7 Å². The van der Waals surface area contributed by atoms with Crippen LogP contribution in [0.2, 0.25) is 0 Å². The van der Waals surface area contributed by atoms with Crippen molar-refractivity contribution in [1.29, 1.82) is 0 Å². The number of furan rings is 1. The van der Waals surface area contributed by atoms with Gasteiger partial charge in [-0.2, -0.15) is 0 Å². The van der Waals surface area contributed by atoms with Crippen LogP contribution >= 0.6 is 0 Å². The summed E-state index contributed by atoms with van der Waals surface area (Å²) in [6, 6.07) is 9.36. The lowest BCUT2D eigenvalue weighted by Crippen LogP contribution is -2.43. The van der Waals surface area contributed by atoms with Gasteiger partial charge in [-0.15, -0.1) is 0 Å². The van der Waals surface area contributed by atoms with Gasteiger partial charge >= 0.3 is 0 Å². The molecular weight excluding hydrogens is 432 g/mol. The Morgan fingerprint density at radius 2 is 1.74 bits per heavy atom. The number of carbonyl (C=O) groups excluding carboxylic acids is 2. The Hall–Kier alpha value is -2.96. The highest BCUT2D eigenvalue weighted by molar-refractivity contribution is 5.84. The zero-order chi connectivity index (χ0) is 24.3. The predicted octanol–water partition coefficient (Wildman–Crippen LogP) is 5.38. The van der Waals surface area contributed by atoms with Crippen LogP contribution in [0.1, 0.15) is 70.6 Å². The molecule has 2 heterocycles. The van der Waals surface area contributed by atoms with E-state index >= 15 is 0 Å². The largest absolute Gasteiger partial charge is 0.467 e. The molecule has 0 radical (unpaired) electrons. The van der Waals surface area contributed by atoms with Gasteiger partial charge in [0.1, 0.15) is 5.76 Å². The van der Waals surface area contributed by atoms with Crippen LogP contribution in [0.15, 0.2) is 41.0 Å². The molecule has 1 aromatic heterocycles. The van der Waals surface area contributed by atoms with Gasteiger partial charge in [0.15, 0.2) is 11.5 Å². The second-order valence-electron chi connectivity index (χ2n) is 9.35. The number of hydrogen-bond donors (Lipinski definition) is 0. The van der Waals surface area contributed by atoms with Crippen molar-refractivity contribution < 1.29 is 23.5 Å². The standard InChI is InChI=1S/C27H38N2O5/c1-4-5-6-7-8-11-26(30)28(16-21(2)3)19-27(31)29(18-23-10-9-14-32-23)17-22-12-13-24-25(15-22)34-20-33-24/h9-10,12-15,21H,4-8,11,16-20H2,1-3H3. The lowest BCUT2D eigenvalue weighted by atomic mass is 10.1. The summed E-state index contributed by atoms with van der Waals surface area (Å²) in [5.74, 6) is 2.33. The van der Waals surface area contributed by atoms with Crippen molar-refractivity contribution in [1.82, 2.24) is 9.80 Å². The minimum absolute atomic E-state index is 0.0552. The average molecular weight is 471 g/mol. The number of carbonyl (C=O) groups is 2. The van der Waals surface area contributed by atoms with E-state index in [2.05, 4.69) is 20.8 Å². The number of hydrogen-bond acceptors (Lipinski definition) is 5. The zero-order valence-corrected chi connectivity index (χ0v) is 20.8. The monoisotopic (exact) mass is 470 g/mol. The Labute approximate surface area is 203 Å². The molecule has 7 heteroatoms. The Morgan fingerprint density at radius 1 is 0.941 bits per heavy atom. The number of amides is 2. The third kappa shape index (κ3) is 7.82. The van der Waals surface area contributed by atoms with E-state index in [0.29, 0.717) is 43.3 Å². The average Bonchev–Trinajstić information content (AvgIpc) is 3.49. The van der Waals surface area contributed by atoms with E-state index in [1.54, 1.807) is 16.1 Å². The van der Waals surface area contributed by atoms with Crippen LogP contribution in [0, 0.1) is 5.92 Å². The molecule has 0 fully saturated rings. The maximum Gasteiger partial charge on any atom is 0.242 e. The first-order valence-corrected chi connectivity index (χ1v) is 12.4. The highest BCUT2D eigenvalue weighted by Gasteiger charge is 2.24. The summed E-state index contributed by atoms with van der Waals surface area (Å²) in [6.07, 6.45) is 7.54. The first kappa shape index (κ1) is 25.7. The number of benzene rings is 1. The molecular formula is C27H38N2O5. The van der Waals surface area contributed by atoms with E-state index in [1.807, 2.05) is 30.3 Å². The third-order valence-electron chi connectivity index (χ3n) is 5.85. The quantitative estimate of drug-likeness (QED) is 0.347. The van der Waals surface area contributed by atoms with Gasteiger partial charge in [0.05, 0.1) is 19.4 Å². The Kier molecular flexibility index (Phi) is 9.86. The number of nitrogens with zero attached hydrogens (tertiary/aromatic N) is 2. The summed E-state index contributed by atoms with van der Waals surface area (Å²) in [7, 11) is 0. The fourth-order valence-corrected chi connectivity index (χ4v) is 4.08. The molecule has 0 atom stereocenters. The molecule has 2 amide bonds. The highest BCUT2D eigenvalue weighted by atomic mass is 16.7. The molecule has 0 spiro atoms. The number of ether oxygens (including phenoxy) is 2. The number of rotatable bonds is 14. The molecule has 1 aliphatic heterocycles. The molecule has 0 bridgehead atoms. The molecule has 0 saturated heterocycles.